The van der Waals surface area contributed by atoms with Gasteiger partial charge in [0, 0.05) is 11.8 Å². The van der Waals surface area contributed by atoms with Gasteiger partial charge in [-0.15, -0.1) is 0 Å². The van der Waals surface area contributed by atoms with E-state index in [0.29, 0.717) is 25.7 Å². The predicted molar refractivity (Wildman–Crippen MR) is 49.5 cm³/mol. The average Bonchev–Trinajstić information content (AvgIpc) is 3.03. The molecule has 2 fully saturated rings. The van der Waals surface area contributed by atoms with E-state index in [1.54, 1.807) is 13.8 Å². The van der Waals surface area contributed by atoms with E-state index in [0.717, 1.165) is 0 Å². The maximum absolute atomic E-state index is 13.6. The molecule has 0 spiro atoms. The van der Waals surface area contributed by atoms with Crippen molar-refractivity contribution >= 4 is 5.78 Å². The number of hydrogen-bond acceptors (Lipinski definition) is 1. The van der Waals surface area contributed by atoms with Crippen LogP contribution in [0.15, 0.2) is 0 Å². The van der Waals surface area contributed by atoms with Gasteiger partial charge in [-0.2, -0.15) is 0 Å². The zero-order valence-corrected chi connectivity index (χ0v) is 8.65. The number of ketones is 1. The van der Waals surface area contributed by atoms with Crippen LogP contribution in [0.5, 0.6) is 0 Å². The molecule has 0 aliphatic heterocycles. The Kier molecular flexibility index (Phi) is 1.99. The van der Waals surface area contributed by atoms with Gasteiger partial charge in [0.25, 0.3) is 0 Å². The Bertz CT molecular complexity index is 240. The van der Waals surface area contributed by atoms with Gasteiger partial charge in [-0.25, -0.2) is 8.78 Å². The van der Waals surface area contributed by atoms with Gasteiger partial charge in [0.05, 0.1) is 0 Å². The van der Waals surface area contributed by atoms with Crippen LogP contribution in [-0.2, 0) is 4.79 Å². The molecule has 2 atom stereocenters. The monoisotopic (exact) mass is 202 g/mol. The van der Waals surface area contributed by atoms with Crippen molar-refractivity contribution in [3.05, 3.63) is 0 Å². The molecule has 2 rings (SSSR count). The van der Waals surface area contributed by atoms with Crippen LogP contribution in [0.3, 0.4) is 0 Å². The van der Waals surface area contributed by atoms with Gasteiger partial charge < -0.3 is 0 Å². The Balaban J connectivity index is 2.00. The van der Waals surface area contributed by atoms with Crippen molar-refractivity contribution in [2.45, 2.75) is 50.9 Å². The lowest BCUT2D eigenvalue weighted by molar-refractivity contribution is -0.130. The van der Waals surface area contributed by atoms with Crippen molar-refractivity contribution in [2.24, 2.45) is 11.8 Å². The van der Waals surface area contributed by atoms with E-state index >= 15 is 0 Å². The molecule has 2 aliphatic rings. The second-order valence-corrected chi connectivity index (χ2v) is 4.91. The van der Waals surface area contributed by atoms with Gasteiger partial charge in [0.1, 0.15) is 17.1 Å². The number of carbonyl (C=O) groups is 1. The minimum atomic E-state index is -1.31. The van der Waals surface area contributed by atoms with E-state index in [-0.39, 0.29) is 5.78 Å². The van der Waals surface area contributed by atoms with Gasteiger partial charge in [0.15, 0.2) is 0 Å². The summed E-state index contributed by atoms with van der Waals surface area (Å²) < 4.78 is 27.1. The SMILES string of the molecule is CC(C(=O)C(C)C1(F)CC1)C1(F)CC1. The van der Waals surface area contributed by atoms with Crippen molar-refractivity contribution in [3.8, 4) is 0 Å². The number of carbonyl (C=O) groups excluding carboxylic acids is 1. The molecular formula is C11H16F2O. The third-order valence-corrected chi connectivity index (χ3v) is 3.86. The maximum atomic E-state index is 13.6. The lowest BCUT2D eigenvalue weighted by atomic mass is 9.87. The highest BCUT2D eigenvalue weighted by Gasteiger charge is 2.57. The Morgan fingerprint density at radius 1 is 1.00 bits per heavy atom. The van der Waals surface area contributed by atoms with Crippen molar-refractivity contribution in [1.82, 2.24) is 0 Å². The minimum absolute atomic E-state index is 0.231. The van der Waals surface area contributed by atoms with E-state index < -0.39 is 23.2 Å². The molecule has 0 aromatic rings. The normalized spacial score (nSPS) is 30.6. The Hall–Kier alpha value is -0.470. The number of alkyl halides is 2. The summed E-state index contributed by atoms with van der Waals surface area (Å²) in [6.07, 6.45) is 1.86. The van der Waals surface area contributed by atoms with Gasteiger partial charge in [-0.3, -0.25) is 4.79 Å². The van der Waals surface area contributed by atoms with E-state index in [9.17, 15) is 13.6 Å². The number of rotatable bonds is 4. The fourth-order valence-electron chi connectivity index (χ4n) is 1.99. The van der Waals surface area contributed by atoms with Gasteiger partial charge in [0.2, 0.25) is 0 Å². The quantitative estimate of drug-likeness (QED) is 0.685. The van der Waals surface area contributed by atoms with Gasteiger partial charge in [-0.1, -0.05) is 13.8 Å². The molecule has 80 valence electrons. The standard InChI is InChI=1S/C11H16F2O/c1-7(10(12)3-4-10)9(14)8(2)11(13)5-6-11/h7-8H,3-6H2,1-2H3. The summed E-state index contributed by atoms with van der Waals surface area (Å²) in [5.41, 5.74) is -2.62. The highest BCUT2D eigenvalue weighted by molar-refractivity contribution is 5.85. The van der Waals surface area contributed by atoms with E-state index in [1.165, 1.54) is 0 Å². The third kappa shape index (κ3) is 1.47. The highest BCUT2D eigenvalue weighted by Crippen LogP contribution is 2.51. The first-order valence-electron chi connectivity index (χ1n) is 5.31. The molecule has 2 aliphatic carbocycles. The van der Waals surface area contributed by atoms with Gasteiger partial charge in [-0.05, 0) is 25.7 Å². The van der Waals surface area contributed by atoms with Crippen LogP contribution in [-0.4, -0.2) is 17.1 Å². The maximum Gasteiger partial charge on any atom is 0.144 e. The summed E-state index contributed by atoms with van der Waals surface area (Å²) in [6.45, 7) is 3.19. The second-order valence-electron chi connectivity index (χ2n) is 4.91. The highest BCUT2D eigenvalue weighted by atomic mass is 19.1. The molecule has 0 aromatic heterocycles. The first-order chi connectivity index (χ1) is 6.39. The van der Waals surface area contributed by atoms with Crippen LogP contribution in [0.2, 0.25) is 0 Å². The molecule has 0 amide bonds. The molecule has 0 aromatic carbocycles. The van der Waals surface area contributed by atoms with Crippen LogP contribution >= 0.6 is 0 Å². The molecule has 2 unspecified atom stereocenters. The van der Waals surface area contributed by atoms with Crippen molar-refractivity contribution in [3.63, 3.8) is 0 Å². The van der Waals surface area contributed by atoms with Crippen LogP contribution in [0.25, 0.3) is 0 Å². The zero-order chi connectivity index (χ0) is 10.6. The third-order valence-electron chi connectivity index (χ3n) is 3.86. The molecule has 1 nitrogen and oxygen atoms in total. The summed E-state index contributed by atoms with van der Waals surface area (Å²) in [7, 11) is 0. The molecule has 3 heteroatoms. The molecule has 0 N–H and O–H groups in total. The molecule has 0 saturated heterocycles. The van der Waals surface area contributed by atoms with Crippen LogP contribution in [0.4, 0.5) is 8.78 Å². The van der Waals surface area contributed by atoms with Crippen LogP contribution < -0.4 is 0 Å². The van der Waals surface area contributed by atoms with Crippen molar-refractivity contribution in [2.75, 3.05) is 0 Å². The summed E-state index contributed by atoms with van der Waals surface area (Å²) >= 11 is 0. The van der Waals surface area contributed by atoms with Gasteiger partial charge >= 0.3 is 0 Å². The van der Waals surface area contributed by atoms with Crippen LogP contribution in [0, 0.1) is 11.8 Å². The lowest BCUT2D eigenvalue weighted by Gasteiger charge is -2.21. The first-order valence-corrected chi connectivity index (χ1v) is 5.31. The summed E-state index contributed by atoms with van der Waals surface area (Å²) in [5.74, 6) is -1.47. The Morgan fingerprint density at radius 2 is 1.29 bits per heavy atom. The summed E-state index contributed by atoms with van der Waals surface area (Å²) in [4.78, 5) is 11.7. The smallest absolute Gasteiger partial charge is 0.144 e. The summed E-state index contributed by atoms with van der Waals surface area (Å²) in [6, 6.07) is 0. The van der Waals surface area contributed by atoms with E-state index in [1.807, 2.05) is 0 Å². The summed E-state index contributed by atoms with van der Waals surface area (Å²) in [5, 5.41) is 0. The number of halogens is 2. The molecular weight excluding hydrogens is 186 g/mol. The fourth-order valence-corrected chi connectivity index (χ4v) is 1.99. The fraction of sp³-hybridized carbons (Fsp3) is 0.909. The number of hydrogen-bond donors (Lipinski definition) is 0. The zero-order valence-electron chi connectivity index (χ0n) is 8.65. The average molecular weight is 202 g/mol. The molecule has 14 heavy (non-hydrogen) atoms. The second kappa shape index (κ2) is 2.77. The van der Waals surface area contributed by atoms with E-state index in [4.69, 9.17) is 0 Å². The molecule has 0 heterocycles. The van der Waals surface area contributed by atoms with Crippen molar-refractivity contribution < 1.29 is 13.6 Å². The Labute approximate surface area is 82.9 Å². The molecule has 0 bridgehead atoms. The largest absolute Gasteiger partial charge is 0.299 e. The Morgan fingerprint density at radius 3 is 1.50 bits per heavy atom. The topological polar surface area (TPSA) is 17.1 Å². The van der Waals surface area contributed by atoms with E-state index in [2.05, 4.69) is 0 Å². The molecule has 0 radical (unpaired) electrons. The number of Topliss-reactive ketones (excluding diaryl/α,β-unsaturated/α-hetero) is 1. The lowest BCUT2D eigenvalue weighted by Crippen LogP contribution is -2.33. The van der Waals surface area contributed by atoms with Crippen LogP contribution in [0.1, 0.15) is 39.5 Å². The molecule has 2 saturated carbocycles. The predicted octanol–water partition coefficient (Wildman–Crippen LogP) is 2.83. The minimum Gasteiger partial charge on any atom is -0.299 e. The first kappa shape index (κ1) is 10.1. The van der Waals surface area contributed by atoms with Crippen molar-refractivity contribution in [1.29, 1.82) is 0 Å².